The van der Waals surface area contributed by atoms with Gasteiger partial charge in [-0.1, -0.05) is 94.0 Å². The van der Waals surface area contributed by atoms with Gasteiger partial charge >= 0.3 is 0 Å². The van der Waals surface area contributed by atoms with E-state index in [1.165, 1.54) is 38.5 Å². The molecule has 2 rings (SSSR count). The van der Waals surface area contributed by atoms with E-state index in [4.69, 9.17) is 0 Å². The molecule has 2 nitrogen and oxygen atoms in total. The minimum Gasteiger partial charge on any atom is -0.355 e. The van der Waals surface area contributed by atoms with Gasteiger partial charge in [0.1, 0.15) is 5.25 Å². The number of nitrogens with one attached hydrogen (secondary N) is 1. The first-order chi connectivity index (χ1) is 12.8. The Hall–Kier alpha value is -1.74. The van der Waals surface area contributed by atoms with Gasteiger partial charge in [0.2, 0.25) is 5.91 Å². The molecule has 1 amide bonds. The van der Waals surface area contributed by atoms with Crippen LogP contribution in [-0.2, 0) is 4.79 Å². The number of carbonyl (C=O) groups is 1. The molecular weight excluding hydrogens is 338 g/mol. The van der Waals surface area contributed by atoms with E-state index >= 15 is 0 Å². The van der Waals surface area contributed by atoms with Crippen molar-refractivity contribution < 1.29 is 4.79 Å². The minimum absolute atomic E-state index is 0.107. The van der Waals surface area contributed by atoms with Gasteiger partial charge in [-0.05, 0) is 24.1 Å². The molecule has 3 heteroatoms. The zero-order valence-corrected chi connectivity index (χ0v) is 16.6. The van der Waals surface area contributed by atoms with Crippen molar-refractivity contribution in [1.82, 2.24) is 5.32 Å². The normalized spacial score (nSPS) is 11.9. The Labute approximate surface area is 162 Å². The molecule has 0 aromatic heterocycles. The van der Waals surface area contributed by atoms with Gasteiger partial charge in [-0.15, -0.1) is 11.8 Å². The van der Waals surface area contributed by atoms with Crippen LogP contribution in [0.3, 0.4) is 0 Å². The lowest BCUT2D eigenvalue weighted by Gasteiger charge is -2.17. The molecule has 0 radical (unpaired) electrons. The van der Waals surface area contributed by atoms with Crippen LogP contribution >= 0.6 is 11.8 Å². The number of amides is 1. The monoisotopic (exact) mass is 369 g/mol. The van der Waals surface area contributed by atoms with Crippen molar-refractivity contribution in [3.05, 3.63) is 66.2 Å². The van der Waals surface area contributed by atoms with Crippen molar-refractivity contribution in [2.24, 2.45) is 0 Å². The molecule has 0 aliphatic carbocycles. The maximum absolute atomic E-state index is 12.8. The molecule has 0 aliphatic rings. The Morgan fingerprint density at radius 2 is 1.42 bits per heavy atom. The molecule has 1 N–H and O–H groups in total. The molecule has 26 heavy (non-hydrogen) atoms. The molecule has 0 heterocycles. The molecule has 1 unspecified atom stereocenters. The van der Waals surface area contributed by atoms with Gasteiger partial charge in [-0.3, -0.25) is 4.79 Å². The van der Waals surface area contributed by atoms with Crippen LogP contribution in [0, 0.1) is 0 Å². The Bertz CT molecular complexity index is 615. The molecule has 0 saturated heterocycles. The summed E-state index contributed by atoms with van der Waals surface area (Å²) in [5.41, 5.74) is 1.05. The Morgan fingerprint density at radius 1 is 0.846 bits per heavy atom. The van der Waals surface area contributed by atoms with Crippen LogP contribution in [0.2, 0.25) is 0 Å². The lowest BCUT2D eigenvalue weighted by atomic mass is 10.1. The van der Waals surface area contributed by atoms with E-state index in [0.29, 0.717) is 0 Å². The van der Waals surface area contributed by atoms with E-state index in [2.05, 4.69) is 24.4 Å². The predicted octanol–water partition coefficient (Wildman–Crippen LogP) is 6.39. The van der Waals surface area contributed by atoms with E-state index in [0.717, 1.165) is 23.4 Å². The van der Waals surface area contributed by atoms with Crippen LogP contribution in [0.5, 0.6) is 0 Å². The lowest BCUT2D eigenvalue weighted by molar-refractivity contribution is -0.120. The van der Waals surface area contributed by atoms with Gasteiger partial charge in [0.25, 0.3) is 0 Å². The van der Waals surface area contributed by atoms with Gasteiger partial charge < -0.3 is 5.32 Å². The van der Waals surface area contributed by atoms with Gasteiger partial charge in [-0.25, -0.2) is 0 Å². The molecule has 0 saturated carbocycles. The number of hydrogen-bond acceptors (Lipinski definition) is 2. The summed E-state index contributed by atoms with van der Waals surface area (Å²) in [7, 11) is 0. The Balaban J connectivity index is 1.82. The third-order valence-corrected chi connectivity index (χ3v) is 5.68. The summed E-state index contributed by atoms with van der Waals surface area (Å²) in [5.74, 6) is 0.107. The summed E-state index contributed by atoms with van der Waals surface area (Å²) < 4.78 is 0. The van der Waals surface area contributed by atoms with E-state index in [1.54, 1.807) is 11.8 Å². The summed E-state index contributed by atoms with van der Waals surface area (Å²) in [6, 6.07) is 20.2. The van der Waals surface area contributed by atoms with Crippen molar-refractivity contribution in [3.63, 3.8) is 0 Å². The number of hydrogen-bond donors (Lipinski definition) is 1. The molecular formula is C23H31NOS. The van der Waals surface area contributed by atoms with Crippen LogP contribution in [0.15, 0.2) is 65.6 Å². The zero-order valence-electron chi connectivity index (χ0n) is 15.8. The van der Waals surface area contributed by atoms with Crippen molar-refractivity contribution in [2.75, 3.05) is 6.54 Å². The largest absolute Gasteiger partial charge is 0.355 e. The third kappa shape index (κ3) is 7.65. The van der Waals surface area contributed by atoms with Crippen molar-refractivity contribution in [2.45, 2.75) is 62.0 Å². The van der Waals surface area contributed by atoms with Crippen molar-refractivity contribution in [1.29, 1.82) is 0 Å². The first kappa shape index (κ1) is 20.6. The highest BCUT2D eigenvalue weighted by molar-refractivity contribution is 8.00. The topological polar surface area (TPSA) is 29.1 Å². The second kappa shape index (κ2) is 12.6. The molecule has 2 aromatic rings. The summed E-state index contributed by atoms with van der Waals surface area (Å²) >= 11 is 1.62. The highest BCUT2D eigenvalue weighted by Gasteiger charge is 2.21. The molecule has 140 valence electrons. The Morgan fingerprint density at radius 3 is 2.08 bits per heavy atom. The van der Waals surface area contributed by atoms with E-state index < -0.39 is 0 Å². The quantitative estimate of drug-likeness (QED) is 0.347. The SMILES string of the molecule is CCCCCCCCCNC(=O)C(Sc1ccccc1)c1ccccc1. The minimum atomic E-state index is -0.205. The zero-order chi connectivity index (χ0) is 18.5. The lowest BCUT2D eigenvalue weighted by Crippen LogP contribution is -2.28. The van der Waals surface area contributed by atoms with E-state index in [1.807, 2.05) is 48.5 Å². The number of carbonyl (C=O) groups excluding carboxylic acids is 1. The summed E-state index contributed by atoms with van der Waals surface area (Å²) in [5, 5.41) is 2.94. The summed E-state index contributed by atoms with van der Waals surface area (Å²) in [6.07, 6.45) is 8.82. The molecule has 0 aliphatic heterocycles. The smallest absolute Gasteiger partial charge is 0.237 e. The van der Waals surface area contributed by atoms with Gasteiger partial charge in [0.15, 0.2) is 0 Å². The van der Waals surface area contributed by atoms with Crippen molar-refractivity contribution in [3.8, 4) is 0 Å². The maximum atomic E-state index is 12.8. The van der Waals surface area contributed by atoms with Gasteiger partial charge in [0.05, 0.1) is 0 Å². The molecule has 0 bridgehead atoms. The van der Waals surface area contributed by atoms with Crippen LogP contribution in [0.1, 0.15) is 62.7 Å². The van der Waals surface area contributed by atoms with Crippen molar-refractivity contribution >= 4 is 17.7 Å². The summed E-state index contributed by atoms with van der Waals surface area (Å²) in [6.45, 7) is 3.01. The first-order valence-electron chi connectivity index (χ1n) is 9.85. The fourth-order valence-corrected chi connectivity index (χ4v) is 3.99. The number of benzene rings is 2. The molecule has 0 spiro atoms. The van der Waals surface area contributed by atoms with Gasteiger partial charge in [0, 0.05) is 11.4 Å². The third-order valence-electron chi connectivity index (χ3n) is 4.42. The molecule has 0 fully saturated rings. The molecule has 2 aromatic carbocycles. The number of unbranched alkanes of at least 4 members (excludes halogenated alkanes) is 6. The van der Waals surface area contributed by atoms with E-state index in [-0.39, 0.29) is 11.2 Å². The first-order valence-corrected chi connectivity index (χ1v) is 10.7. The highest BCUT2D eigenvalue weighted by atomic mass is 32.2. The summed E-state index contributed by atoms with van der Waals surface area (Å²) in [4.78, 5) is 13.9. The second-order valence-corrected chi connectivity index (χ2v) is 7.81. The van der Waals surface area contributed by atoms with Crippen LogP contribution in [-0.4, -0.2) is 12.5 Å². The second-order valence-electron chi connectivity index (χ2n) is 6.63. The van der Waals surface area contributed by atoms with E-state index in [9.17, 15) is 4.79 Å². The van der Waals surface area contributed by atoms with Gasteiger partial charge in [-0.2, -0.15) is 0 Å². The molecule has 1 atom stereocenters. The average Bonchev–Trinajstić information content (AvgIpc) is 2.69. The number of thioether (sulfide) groups is 1. The van der Waals surface area contributed by atoms with Crippen LogP contribution in [0.4, 0.5) is 0 Å². The predicted molar refractivity (Wildman–Crippen MR) is 112 cm³/mol. The number of rotatable bonds is 12. The maximum Gasteiger partial charge on any atom is 0.237 e. The average molecular weight is 370 g/mol. The van der Waals surface area contributed by atoms with Crippen LogP contribution in [0.25, 0.3) is 0 Å². The highest BCUT2D eigenvalue weighted by Crippen LogP contribution is 2.35. The Kier molecular flexibility index (Phi) is 9.96. The standard InChI is InChI=1S/C23H31NOS/c1-2-3-4-5-6-7-14-19-24-23(25)22(20-15-10-8-11-16-20)26-21-17-12-9-13-18-21/h8-13,15-18,22H,2-7,14,19H2,1H3,(H,24,25). The fraction of sp³-hybridized carbons (Fsp3) is 0.435. The fourth-order valence-electron chi connectivity index (χ4n) is 2.92. The van der Waals surface area contributed by atoms with Crippen LogP contribution < -0.4 is 5.32 Å².